The fourth-order valence-corrected chi connectivity index (χ4v) is 4.91. The molecule has 1 aromatic heterocycles. The van der Waals surface area contributed by atoms with Gasteiger partial charge in [-0.1, -0.05) is 48.9 Å². The van der Waals surface area contributed by atoms with Crippen molar-refractivity contribution in [2.75, 3.05) is 31.3 Å². The number of fused-ring (bicyclic) bond motifs is 1. The van der Waals surface area contributed by atoms with Crippen LogP contribution in [0.5, 0.6) is 5.75 Å². The molecule has 0 bridgehead atoms. The van der Waals surface area contributed by atoms with Crippen LogP contribution in [-0.2, 0) is 9.53 Å². The van der Waals surface area contributed by atoms with Crippen LogP contribution in [0.25, 0.3) is 10.8 Å². The Bertz CT molecular complexity index is 1210. The highest BCUT2D eigenvalue weighted by atomic mass is 32.2. The molecule has 0 unspecified atom stereocenters. The van der Waals surface area contributed by atoms with Crippen molar-refractivity contribution >= 4 is 46.3 Å². The highest BCUT2D eigenvalue weighted by molar-refractivity contribution is 7.99. The van der Waals surface area contributed by atoms with Crippen molar-refractivity contribution in [3.63, 3.8) is 0 Å². The first-order valence-electron chi connectivity index (χ1n) is 12.8. The van der Waals surface area contributed by atoms with Crippen LogP contribution in [0.15, 0.2) is 58.4 Å². The van der Waals surface area contributed by atoms with Gasteiger partial charge in [-0.25, -0.2) is 9.97 Å². The number of hydrogen-bond donors (Lipinski definition) is 1. The number of methoxy groups -OCH3 is 1. The maximum absolute atomic E-state index is 12.5. The Morgan fingerprint density at radius 3 is 2.63 bits per heavy atom. The second-order valence-corrected chi connectivity index (χ2v) is 12.1. The molecule has 0 amide bonds. The molecular weight excluding hydrogens is 520 g/mol. The molecule has 3 rings (SSSR count). The Hall–Kier alpha value is -2.85. The number of carbonyl (C=O) groups is 1. The highest BCUT2D eigenvalue weighted by Crippen LogP contribution is 2.27. The van der Waals surface area contributed by atoms with Crippen LogP contribution in [0, 0.1) is 4.91 Å². The predicted molar refractivity (Wildman–Crippen MR) is 157 cm³/mol. The quantitative estimate of drug-likeness (QED) is 0.0488. The van der Waals surface area contributed by atoms with E-state index in [0.29, 0.717) is 13.2 Å². The lowest BCUT2D eigenvalue weighted by molar-refractivity contribution is -0.145. The van der Waals surface area contributed by atoms with E-state index in [1.165, 1.54) is 0 Å². The van der Waals surface area contributed by atoms with Crippen LogP contribution in [0.4, 0.5) is 5.82 Å². The fourth-order valence-electron chi connectivity index (χ4n) is 3.74. The molecule has 38 heavy (non-hydrogen) atoms. The number of carbonyl (C=O) groups excluding carboxylic acids is 1. The Kier molecular flexibility index (Phi) is 11.7. The maximum atomic E-state index is 12.5. The first kappa shape index (κ1) is 29.7. The highest BCUT2D eigenvalue weighted by Gasteiger charge is 2.20. The van der Waals surface area contributed by atoms with Gasteiger partial charge in [0.15, 0.2) is 5.16 Å². The van der Waals surface area contributed by atoms with Crippen LogP contribution in [0.2, 0.25) is 0 Å². The van der Waals surface area contributed by atoms with Crippen molar-refractivity contribution in [2.24, 2.45) is 4.58 Å². The van der Waals surface area contributed by atoms with Gasteiger partial charge < -0.3 is 14.8 Å². The van der Waals surface area contributed by atoms with Crippen molar-refractivity contribution < 1.29 is 14.3 Å². The minimum absolute atomic E-state index is 0.191. The van der Waals surface area contributed by atoms with E-state index in [1.807, 2.05) is 63.2 Å². The fraction of sp³-hybridized carbons (Fsp3) is 0.464. The van der Waals surface area contributed by atoms with E-state index < -0.39 is 0 Å². The number of rotatable bonds is 16. The van der Waals surface area contributed by atoms with Crippen molar-refractivity contribution in [2.45, 2.75) is 62.3 Å². The summed E-state index contributed by atoms with van der Waals surface area (Å²) in [5, 5.41) is 6.12. The zero-order chi connectivity index (χ0) is 27.4. The van der Waals surface area contributed by atoms with Crippen molar-refractivity contribution in [3.8, 4) is 5.75 Å². The van der Waals surface area contributed by atoms with E-state index in [4.69, 9.17) is 9.47 Å². The van der Waals surface area contributed by atoms with Crippen LogP contribution in [0.1, 0.15) is 57.9 Å². The molecule has 0 aliphatic carbocycles. The van der Waals surface area contributed by atoms with Crippen molar-refractivity contribution in [1.29, 1.82) is 0 Å². The number of nitrogens with zero attached hydrogens (tertiary/aromatic N) is 3. The minimum Gasteiger partial charge on any atom is -0.497 e. The third-order valence-corrected chi connectivity index (χ3v) is 7.71. The molecule has 0 radical (unpaired) electrons. The summed E-state index contributed by atoms with van der Waals surface area (Å²) < 4.78 is 13.4. The van der Waals surface area contributed by atoms with Gasteiger partial charge >= 0.3 is 5.97 Å². The molecule has 204 valence electrons. The molecule has 0 saturated heterocycles. The summed E-state index contributed by atoms with van der Waals surface area (Å²) in [5.41, 5.74) is 0.951. The summed E-state index contributed by atoms with van der Waals surface area (Å²) in [6, 6.07) is 13.8. The second-order valence-electron chi connectivity index (χ2n) is 9.63. The molecule has 0 saturated carbocycles. The van der Waals surface area contributed by atoms with Gasteiger partial charge in [-0.15, -0.1) is 4.91 Å². The number of nitrogens with one attached hydrogen (secondary N) is 1. The SMILES string of the molecule is COc1ccc2cc([C@H](C)C(=O)OCCCCCCSc3nccc(NCC(C)(C)SN=O)n3)ccc2c1. The number of esters is 1. The number of anilines is 1. The maximum Gasteiger partial charge on any atom is 0.313 e. The Morgan fingerprint density at radius 1 is 1.08 bits per heavy atom. The second kappa shape index (κ2) is 14.9. The topological polar surface area (TPSA) is 103 Å². The number of ether oxygens (including phenoxy) is 2. The van der Waals surface area contributed by atoms with E-state index in [1.54, 1.807) is 25.1 Å². The standard InChI is InChI=1S/C28H36N4O4S2/c1-20(21-9-10-23-18-24(35-4)12-11-22(23)17-21)26(33)36-15-7-5-6-8-16-37-27-29-14-13-25(31-27)30-19-28(2,3)38-32-34/h9-14,17-18,20H,5-8,15-16,19H2,1-4H3,(H,29,30,31)/t20-/m0/s1. The number of hydrogen-bond acceptors (Lipinski definition) is 10. The van der Waals surface area contributed by atoms with E-state index in [2.05, 4.69) is 19.9 Å². The first-order valence-corrected chi connectivity index (χ1v) is 14.5. The van der Waals surface area contributed by atoms with Gasteiger partial charge in [0.05, 0.1) is 24.4 Å². The molecule has 1 N–H and O–H groups in total. The van der Waals surface area contributed by atoms with Gasteiger partial charge in [-0.2, -0.15) is 0 Å². The third-order valence-electron chi connectivity index (χ3n) is 6.05. The van der Waals surface area contributed by atoms with E-state index in [0.717, 1.165) is 76.4 Å². The lowest BCUT2D eigenvalue weighted by Crippen LogP contribution is -2.26. The zero-order valence-electron chi connectivity index (χ0n) is 22.4. The van der Waals surface area contributed by atoms with Gasteiger partial charge in [-0.3, -0.25) is 4.79 Å². The van der Waals surface area contributed by atoms with Crippen LogP contribution < -0.4 is 10.1 Å². The minimum atomic E-state index is -0.310. The Labute approximate surface area is 233 Å². The summed E-state index contributed by atoms with van der Waals surface area (Å²) in [6.45, 7) is 6.80. The average Bonchev–Trinajstić information content (AvgIpc) is 2.92. The largest absolute Gasteiger partial charge is 0.497 e. The molecule has 2 aromatic carbocycles. The molecule has 0 spiro atoms. The van der Waals surface area contributed by atoms with Crippen molar-refractivity contribution in [3.05, 3.63) is 59.1 Å². The Morgan fingerprint density at radius 2 is 1.84 bits per heavy atom. The third kappa shape index (κ3) is 9.47. The molecule has 1 atom stereocenters. The summed E-state index contributed by atoms with van der Waals surface area (Å²) in [4.78, 5) is 31.9. The lowest BCUT2D eigenvalue weighted by Gasteiger charge is -2.20. The van der Waals surface area contributed by atoms with Crippen LogP contribution in [-0.4, -0.2) is 46.7 Å². The smallest absolute Gasteiger partial charge is 0.313 e. The monoisotopic (exact) mass is 556 g/mol. The van der Waals surface area contributed by atoms with Gasteiger partial charge in [-0.05, 0) is 68.1 Å². The Balaban J connectivity index is 1.30. The molecular formula is C28H36N4O4S2. The summed E-state index contributed by atoms with van der Waals surface area (Å²) in [7, 11) is 1.65. The molecule has 10 heteroatoms. The first-order chi connectivity index (χ1) is 18.3. The zero-order valence-corrected chi connectivity index (χ0v) is 24.1. The summed E-state index contributed by atoms with van der Waals surface area (Å²) >= 11 is 2.63. The van der Waals surface area contributed by atoms with Crippen LogP contribution in [0.3, 0.4) is 0 Å². The molecule has 1 heterocycles. The van der Waals surface area contributed by atoms with Crippen molar-refractivity contribution in [1.82, 2.24) is 9.97 Å². The summed E-state index contributed by atoms with van der Waals surface area (Å²) in [6.07, 6.45) is 5.67. The number of benzene rings is 2. The molecule has 0 aliphatic rings. The van der Waals surface area contributed by atoms with E-state index in [-0.39, 0.29) is 16.6 Å². The van der Waals surface area contributed by atoms with Gasteiger partial charge in [0.2, 0.25) is 0 Å². The van der Waals surface area contributed by atoms with Crippen LogP contribution >= 0.6 is 23.7 Å². The number of unbranched alkanes of at least 4 members (excludes halogenated alkanes) is 3. The number of thioether (sulfide) groups is 1. The average molecular weight is 557 g/mol. The summed E-state index contributed by atoms with van der Waals surface area (Å²) in [5.74, 6) is 1.97. The number of aromatic nitrogens is 2. The predicted octanol–water partition coefficient (Wildman–Crippen LogP) is 7.24. The normalized spacial score (nSPS) is 12.2. The molecule has 8 nitrogen and oxygen atoms in total. The van der Waals surface area contributed by atoms with E-state index in [9.17, 15) is 9.70 Å². The molecule has 3 aromatic rings. The number of nitroso groups, excluding NO2 is 1. The van der Waals surface area contributed by atoms with Gasteiger partial charge in [0, 0.05) is 35.0 Å². The van der Waals surface area contributed by atoms with Gasteiger partial charge in [0.25, 0.3) is 0 Å². The van der Waals surface area contributed by atoms with E-state index >= 15 is 0 Å². The lowest BCUT2D eigenvalue weighted by atomic mass is 9.98. The molecule has 0 fully saturated rings. The molecule has 0 aliphatic heterocycles. The van der Waals surface area contributed by atoms with Gasteiger partial charge in [0.1, 0.15) is 11.6 Å².